The summed E-state index contributed by atoms with van der Waals surface area (Å²) in [5, 5.41) is 5.99. The van der Waals surface area contributed by atoms with E-state index in [1.807, 2.05) is 36.4 Å². The van der Waals surface area contributed by atoms with Crippen molar-refractivity contribution in [2.45, 2.75) is 13.1 Å². The first kappa shape index (κ1) is 17.9. The number of nitrogens with one attached hydrogen (secondary N) is 2. The fourth-order valence-electron chi connectivity index (χ4n) is 2.63. The molecule has 138 valence electrons. The molecule has 0 aliphatic carbocycles. The average molecular weight is 358 g/mol. The molecule has 0 radical (unpaired) electrons. The Bertz CT molecular complexity index is 779. The van der Waals surface area contributed by atoms with Crippen molar-refractivity contribution in [2.24, 2.45) is 0 Å². The Morgan fingerprint density at radius 2 is 1.69 bits per heavy atom. The van der Waals surface area contributed by atoms with E-state index in [1.165, 1.54) is 0 Å². The predicted molar refractivity (Wildman–Crippen MR) is 95.7 cm³/mol. The fraction of sp³-hybridized carbons (Fsp3) is 0.316. The summed E-state index contributed by atoms with van der Waals surface area (Å²) in [7, 11) is 3.19. The third kappa shape index (κ3) is 4.37. The second kappa shape index (κ2) is 8.44. The standard InChI is InChI=1S/C19H22N2O5/c1-23-15-5-3-13(7-17(15)24-2)9-20-11-19(22)21-10-14-4-6-16-18(8-14)26-12-25-16/h3-8,20H,9-12H2,1-2H3,(H,21,22). The van der Waals surface area contributed by atoms with Gasteiger partial charge in [-0.1, -0.05) is 12.1 Å². The second-order valence-electron chi connectivity index (χ2n) is 5.76. The maximum atomic E-state index is 12.0. The van der Waals surface area contributed by atoms with Crippen molar-refractivity contribution in [2.75, 3.05) is 27.6 Å². The van der Waals surface area contributed by atoms with Crippen LogP contribution in [0.15, 0.2) is 36.4 Å². The van der Waals surface area contributed by atoms with E-state index in [2.05, 4.69) is 10.6 Å². The SMILES string of the molecule is COc1ccc(CNCC(=O)NCc2ccc3c(c2)OCO3)cc1OC. The number of rotatable bonds is 8. The Hall–Kier alpha value is -2.93. The van der Waals surface area contributed by atoms with Crippen molar-refractivity contribution in [1.82, 2.24) is 10.6 Å². The fourth-order valence-corrected chi connectivity index (χ4v) is 2.63. The Morgan fingerprint density at radius 3 is 2.50 bits per heavy atom. The Morgan fingerprint density at radius 1 is 0.962 bits per heavy atom. The lowest BCUT2D eigenvalue weighted by molar-refractivity contribution is -0.120. The van der Waals surface area contributed by atoms with Gasteiger partial charge in [-0.25, -0.2) is 0 Å². The monoisotopic (exact) mass is 358 g/mol. The number of amides is 1. The van der Waals surface area contributed by atoms with Gasteiger partial charge in [0.2, 0.25) is 12.7 Å². The minimum atomic E-state index is -0.0804. The van der Waals surface area contributed by atoms with Gasteiger partial charge < -0.3 is 29.6 Å². The van der Waals surface area contributed by atoms with Gasteiger partial charge in [0.25, 0.3) is 0 Å². The summed E-state index contributed by atoms with van der Waals surface area (Å²) >= 11 is 0. The van der Waals surface area contributed by atoms with E-state index < -0.39 is 0 Å². The van der Waals surface area contributed by atoms with Gasteiger partial charge in [-0.2, -0.15) is 0 Å². The summed E-state index contributed by atoms with van der Waals surface area (Å²) in [6.07, 6.45) is 0. The normalized spacial score (nSPS) is 11.9. The maximum Gasteiger partial charge on any atom is 0.234 e. The van der Waals surface area contributed by atoms with E-state index in [9.17, 15) is 4.79 Å². The molecular formula is C19H22N2O5. The van der Waals surface area contributed by atoms with Crippen LogP contribution < -0.4 is 29.6 Å². The number of carbonyl (C=O) groups is 1. The van der Waals surface area contributed by atoms with E-state index >= 15 is 0 Å². The van der Waals surface area contributed by atoms with Gasteiger partial charge in [0, 0.05) is 13.1 Å². The zero-order valence-electron chi connectivity index (χ0n) is 14.8. The number of methoxy groups -OCH3 is 2. The molecule has 0 bridgehead atoms. The number of benzene rings is 2. The number of hydrogen-bond acceptors (Lipinski definition) is 6. The van der Waals surface area contributed by atoms with Crippen molar-refractivity contribution in [3.05, 3.63) is 47.5 Å². The van der Waals surface area contributed by atoms with Crippen molar-refractivity contribution >= 4 is 5.91 Å². The van der Waals surface area contributed by atoms with Crippen molar-refractivity contribution in [3.8, 4) is 23.0 Å². The van der Waals surface area contributed by atoms with Gasteiger partial charge in [0.1, 0.15) is 0 Å². The molecule has 1 heterocycles. The smallest absolute Gasteiger partial charge is 0.234 e. The minimum absolute atomic E-state index is 0.0804. The number of hydrogen-bond donors (Lipinski definition) is 2. The van der Waals surface area contributed by atoms with Gasteiger partial charge in [0.15, 0.2) is 23.0 Å². The number of ether oxygens (including phenoxy) is 4. The summed E-state index contributed by atoms with van der Waals surface area (Å²) in [5.74, 6) is 2.71. The molecule has 2 aromatic rings. The van der Waals surface area contributed by atoms with Gasteiger partial charge >= 0.3 is 0 Å². The zero-order valence-corrected chi connectivity index (χ0v) is 14.8. The Labute approximate surface area is 152 Å². The molecular weight excluding hydrogens is 336 g/mol. The summed E-state index contributed by atoms with van der Waals surface area (Å²) in [6.45, 7) is 1.45. The van der Waals surface area contributed by atoms with Gasteiger partial charge in [-0.05, 0) is 35.4 Å². The van der Waals surface area contributed by atoms with Gasteiger partial charge in [-0.15, -0.1) is 0 Å². The molecule has 0 aromatic heterocycles. The first-order valence-electron chi connectivity index (χ1n) is 8.26. The molecule has 0 unspecified atom stereocenters. The van der Waals surface area contributed by atoms with Crippen LogP contribution in [0.1, 0.15) is 11.1 Å². The highest BCUT2D eigenvalue weighted by Gasteiger charge is 2.13. The molecule has 0 atom stereocenters. The van der Waals surface area contributed by atoms with Crippen LogP contribution in [0.4, 0.5) is 0 Å². The molecule has 26 heavy (non-hydrogen) atoms. The molecule has 0 saturated carbocycles. The van der Waals surface area contributed by atoms with Crippen LogP contribution in [0.25, 0.3) is 0 Å². The largest absolute Gasteiger partial charge is 0.493 e. The highest BCUT2D eigenvalue weighted by Crippen LogP contribution is 2.32. The Kier molecular flexibility index (Phi) is 5.80. The molecule has 7 heteroatoms. The molecule has 0 saturated heterocycles. The molecule has 7 nitrogen and oxygen atoms in total. The minimum Gasteiger partial charge on any atom is -0.493 e. The van der Waals surface area contributed by atoms with Crippen LogP contribution in [-0.4, -0.2) is 33.5 Å². The van der Waals surface area contributed by atoms with Crippen LogP contribution in [0.2, 0.25) is 0 Å². The maximum absolute atomic E-state index is 12.0. The second-order valence-corrected chi connectivity index (χ2v) is 5.76. The first-order valence-corrected chi connectivity index (χ1v) is 8.26. The van der Waals surface area contributed by atoms with E-state index in [0.717, 1.165) is 16.9 Å². The van der Waals surface area contributed by atoms with Crippen LogP contribution in [0.5, 0.6) is 23.0 Å². The van der Waals surface area contributed by atoms with E-state index in [0.29, 0.717) is 30.3 Å². The highest BCUT2D eigenvalue weighted by atomic mass is 16.7. The van der Waals surface area contributed by atoms with E-state index in [4.69, 9.17) is 18.9 Å². The summed E-state index contributed by atoms with van der Waals surface area (Å²) in [6, 6.07) is 11.3. The van der Waals surface area contributed by atoms with Crippen molar-refractivity contribution in [1.29, 1.82) is 0 Å². The quantitative estimate of drug-likeness (QED) is 0.750. The summed E-state index contributed by atoms with van der Waals surface area (Å²) in [5.41, 5.74) is 1.97. The summed E-state index contributed by atoms with van der Waals surface area (Å²) < 4.78 is 21.1. The van der Waals surface area contributed by atoms with Crippen LogP contribution >= 0.6 is 0 Å². The van der Waals surface area contributed by atoms with Crippen molar-refractivity contribution in [3.63, 3.8) is 0 Å². The van der Waals surface area contributed by atoms with Crippen LogP contribution in [0.3, 0.4) is 0 Å². The Balaban J connectivity index is 1.43. The third-order valence-electron chi connectivity index (χ3n) is 3.99. The molecule has 0 fully saturated rings. The molecule has 0 spiro atoms. The molecule has 1 amide bonds. The zero-order chi connectivity index (χ0) is 18.4. The van der Waals surface area contributed by atoms with Crippen LogP contribution in [-0.2, 0) is 17.9 Å². The third-order valence-corrected chi connectivity index (χ3v) is 3.99. The first-order chi connectivity index (χ1) is 12.7. The summed E-state index contributed by atoms with van der Waals surface area (Å²) in [4.78, 5) is 12.0. The molecule has 2 aromatic carbocycles. The topological polar surface area (TPSA) is 78.1 Å². The number of fused-ring (bicyclic) bond motifs is 1. The molecule has 1 aliphatic heterocycles. The number of carbonyl (C=O) groups excluding carboxylic acids is 1. The van der Waals surface area contributed by atoms with Crippen LogP contribution in [0, 0.1) is 0 Å². The predicted octanol–water partition coefficient (Wildman–Crippen LogP) is 1.84. The van der Waals surface area contributed by atoms with Gasteiger partial charge in [0.05, 0.1) is 20.8 Å². The highest BCUT2D eigenvalue weighted by molar-refractivity contribution is 5.78. The molecule has 3 rings (SSSR count). The molecule has 2 N–H and O–H groups in total. The lowest BCUT2D eigenvalue weighted by Crippen LogP contribution is -2.33. The molecule has 1 aliphatic rings. The average Bonchev–Trinajstić information content (AvgIpc) is 3.14. The lowest BCUT2D eigenvalue weighted by Gasteiger charge is -2.10. The lowest BCUT2D eigenvalue weighted by atomic mass is 10.2. The van der Waals surface area contributed by atoms with Gasteiger partial charge in [-0.3, -0.25) is 4.79 Å². The van der Waals surface area contributed by atoms with E-state index in [1.54, 1.807) is 14.2 Å². The van der Waals surface area contributed by atoms with E-state index in [-0.39, 0.29) is 19.2 Å². The van der Waals surface area contributed by atoms with Crippen molar-refractivity contribution < 1.29 is 23.7 Å².